The van der Waals surface area contributed by atoms with E-state index < -0.39 is 10.0 Å². The van der Waals surface area contributed by atoms with Crippen molar-refractivity contribution in [3.63, 3.8) is 0 Å². The molecule has 3 rings (SSSR count). The highest BCUT2D eigenvalue weighted by molar-refractivity contribution is 7.93. The number of sulfonamides is 1. The summed E-state index contributed by atoms with van der Waals surface area (Å²) < 4.78 is 31.0. The van der Waals surface area contributed by atoms with Crippen molar-refractivity contribution >= 4 is 21.6 Å². The Morgan fingerprint density at radius 1 is 1.07 bits per heavy atom. The van der Waals surface area contributed by atoms with Crippen molar-refractivity contribution in [2.24, 2.45) is 0 Å². The van der Waals surface area contributed by atoms with E-state index in [1.165, 1.54) is 9.87 Å². The standard InChI is InChI=1S/C22H28N2O4S/c1-22(2,3)18-7-11-20(12-8-18)28-15-13-23-21(25)17-5-9-19(10-6-17)24-14-4-16-29(24,26)27/h5-12H,4,13-16H2,1-3H3,(H,23,25). The Balaban J connectivity index is 1.47. The van der Waals surface area contributed by atoms with Gasteiger partial charge in [-0.3, -0.25) is 9.10 Å². The first-order valence-electron chi connectivity index (χ1n) is 9.79. The van der Waals surface area contributed by atoms with Crippen LogP contribution in [0.3, 0.4) is 0 Å². The van der Waals surface area contributed by atoms with Crippen molar-refractivity contribution in [2.45, 2.75) is 32.6 Å². The van der Waals surface area contributed by atoms with Gasteiger partial charge in [0, 0.05) is 12.1 Å². The monoisotopic (exact) mass is 416 g/mol. The van der Waals surface area contributed by atoms with Gasteiger partial charge >= 0.3 is 0 Å². The maximum atomic E-state index is 12.3. The molecule has 1 fully saturated rings. The van der Waals surface area contributed by atoms with Gasteiger partial charge in [0.25, 0.3) is 5.91 Å². The fourth-order valence-electron chi connectivity index (χ4n) is 3.20. The van der Waals surface area contributed by atoms with Gasteiger partial charge < -0.3 is 10.1 Å². The highest BCUT2D eigenvalue weighted by Gasteiger charge is 2.28. The number of benzene rings is 2. The van der Waals surface area contributed by atoms with Crippen LogP contribution in [0.15, 0.2) is 48.5 Å². The fraction of sp³-hybridized carbons (Fsp3) is 0.409. The van der Waals surface area contributed by atoms with Crippen molar-refractivity contribution in [1.29, 1.82) is 0 Å². The summed E-state index contributed by atoms with van der Waals surface area (Å²) >= 11 is 0. The molecule has 2 aromatic carbocycles. The summed E-state index contributed by atoms with van der Waals surface area (Å²) in [6, 6.07) is 14.6. The maximum Gasteiger partial charge on any atom is 0.251 e. The molecule has 1 amide bonds. The van der Waals surface area contributed by atoms with Crippen LogP contribution in [0, 0.1) is 0 Å². The first-order valence-corrected chi connectivity index (χ1v) is 11.4. The van der Waals surface area contributed by atoms with E-state index in [0.717, 1.165) is 5.75 Å². The molecule has 29 heavy (non-hydrogen) atoms. The van der Waals surface area contributed by atoms with Crippen LogP contribution in [-0.4, -0.2) is 39.8 Å². The van der Waals surface area contributed by atoms with Crippen molar-refractivity contribution in [3.05, 3.63) is 59.7 Å². The number of rotatable bonds is 6. The topological polar surface area (TPSA) is 75.7 Å². The Morgan fingerprint density at radius 3 is 2.28 bits per heavy atom. The number of nitrogens with zero attached hydrogens (tertiary/aromatic N) is 1. The molecule has 1 aliphatic heterocycles. The minimum absolute atomic E-state index is 0.0982. The van der Waals surface area contributed by atoms with Crippen molar-refractivity contribution < 1.29 is 17.9 Å². The number of carbonyl (C=O) groups is 1. The second-order valence-electron chi connectivity index (χ2n) is 8.17. The first kappa shape index (κ1) is 21.2. The van der Waals surface area contributed by atoms with Gasteiger partial charge in [-0.2, -0.15) is 0 Å². The van der Waals surface area contributed by atoms with Crippen LogP contribution in [0.4, 0.5) is 5.69 Å². The zero-order valence-corrected chi connectivity index (χ0v) is 18.0. The second kappa shape index (κ2) is 8.45. The van der Waals surface area contributed by atoms with E-state index in [-0.39, 0.29) is 17.1 Å². The molecule has 2 aromatic rings. The van der Waals surface area contributed by atoms with Crippen LogP contribution >= 0.6 is 0 Å². The molecule has 0 radical (unpaired) electrons. The molecule has 0 spiro atoms. The molecule has 0 bridgehead atoms. The Hall–Kier alpha value is -2.54. The molecule has 0 saturated carbocycles. The normalized spacial score (nSPS) is 15.9. The Morgan fingerprint density at radius 2 is 1.72 bits per heavy atom. The number of carbonyl (C=O) groups excluding carboxylic acids is 1. The highest BCUT2D eigenvalue weighted by Crippen LogP contribution is 2.25. The van der Waals surface area contributed by atoms with Gasteiger partial charge in [-0.25, -0.2) is 8.42 Å². The lowest BCUT2D eigenvalue weighted by Gasteiger charge is -2.19. The van der Waals surface area contributed by atoms with Gasteiger partial charge in [0.1, 0.15) is 12.4 Å². The van der Waals surface area contributed by atoms with E-state index in [1.807, 2.05) is 12.1 Å². The van der Waals surface area contributed by atoms with Crippen LogP contribution in [0.2, 0.25) is 0 Å². The quantitative estimate of drug-likeness (QED) is 0.733. The van der Waals surface area contributed by atoms with Gasteiger partial charge in [0.05, 0.1) is 18.0 Å². The third kappa shape index (κ3) is 5.29. The molecule has 7 heteroatoms. The van der Waals surface area contributed by atoms with Gasteiger partial charge in [0.2, 0.25) is 10.0 Å². The van der Waals surface area contributed by atoms with E-state index in [2.05, 4.69) is 38.2 Å². The maximum absolute atomic E-state index is 12.3. The molecule has 156 valence electrons. The second-order valence-corrected chi connectivity index (χ2v) is 10.2. The van der Waals surface area contributed by atoms with Crippen LogP contribution in [-0.2, 0) is 15.4 Å². The van der Waals surface area contributed by atoms with Gasteiger partial charge in [0.15, 0.2) is 0 Å². The van der Waals surface area contributed by atoms with Crippen molar-refractivity contribution in [3.8, 4) is 5.75 Å². The Labute approximate surface area is 172 Å². The minimum Gasteiger partial charge on any atom is -0.492 e. The van der Waals surface area contributed by atoms with Gasteiger partial charge in [-0.15, -0.1) is 0 Å². The summed E-state index contributed by atoms with van der Waals surface area (Å²) in [4.78, 5) is 12.3. The van der Waals surface area contributed by atoms with Crippen LogP contribution in [0.25, 0.3) is 0 Å². The zero-order valence-electron chi connectivity index (χ0n) is 17.1. The summed E-state index contributed by atoms with van der Waals surface area (Å²) in [5.74, 6) is 0.727. The molecule has 0 aromatic heterocycles. The summed E-state index contributed by atoms with van der Waals surface area (Å²) in [5, 5.41) is 2.81. The van der Waals surface area contributed by atoms with Crippen molar-refractivity contribution in [1.82, 2.24) is 5.32 Å². The summed E-state index contributed by atoms with van der Waals surface area (Å²) in [5.41, 5.74) is 2.42. The largest absolute Gasteiger partial charge is 0.492 e. The van der Waals surface area contributed by atoms with Crippen LogP contribution in [0.5, 0.6) is 5.75 Å². The highest BCUT2D eigenvalue weighted by atomic mass is 32.2. The predicted molar refractivity (Wildman–Crippen MR) is 115 cm³/mol. The number of hydrogen-bond acceptors (Lipinski definition) is 4. The summed E-state index contributed by atoms with van der Waals surface area (Å²) in [7, 11) is -3.21. The number of amides is 1. The summed E-state index contributed by atoms with van der Waals surface area (Å²) in [6.45, 7) is 7.72. The third-order valence-electron chi connectivity index (χ3n) is 4.89. The predicted octanol–water partition coefficient (Wildman–Crippen LogP) is 3.33. The molecule has 1 N–H and O–H groups in total. The SMILES string of the molecule is CC(C)(C)c1ccc(OCCNC(=O)c2ccc(N3CCCS3(=O)=O)cc2)cc1. The van der Waals surface area contributed by atoms with Crippen LogP contribution < -0.4 is 14.4 Å². The lowest BCUT2D eigenvalue weighted by molar-refractivity contribution is 0.0947. The molecule has 0 aliphatic carbocycles. The van der Waals surface area contributed by atoms with E-state index in [0.29, 0.717) is 37.4 Å². The van der Waals surface area contributed by atoms with Crippen molar-refractivity contribution in [2.75, 3.05) is 29.8 Å². The van der Waals surface area contributed by atoms with E-state index in [1.54, 1.807) is 24.3 Å². The lowest BCUT2D eigenvalue weighted by Crippen LogP contribution is -2.28. The zero-order chi connectivity index (χ0) is 21.1. The fourth-order valence-corrected chi connectivity index (χ4v) is 4.76. The molecule has 1 aliphatic rings. The lowest BCUT2D eigenvalue weighted by atomic mass is 9.87. The van der Waals surface area contributed by atoms with Crippen LogP contribution in [0.1, 0.15) is 43.1 Å². The number of hydrogen-bond donors (Lipinski definition) is 1. The Bertz CT molecular complexity index is 946. The molecule has 1 saturated heterocycles. The summed E-state index contributed by atoms with van der Waals surface area (Å²) in [6.07, 6.45) is 0.628. The number of nitrogens with one attached hydrogen (secondary N) is 1. The molecule has 6 nitrogen and oxygen atoms in total. The van der Waals surface area contributed by atoms with Gasteiger partial charge in [-0.1, -0.05) is 32.9 Å². The molecular formula is C22H28N2O4S. The molecule has 0 atom stereocenters. The molecular weight excluding hydrogens is 388 g/mol. The molecule has 1 heterocycles. The van der Waals surface area contributed by atoms with Gasteiger partial charge in [-0.05, 0) is 53.8 Å². The minimum atomic E-state index is -3.21. The number of anilines is 1. The molecule has 0 unspecified atom stereocenters. The van der Waals surface area contributed by atoms with E-state index in [4.69, 9.17) is 4.74 Å². The van der Waals surface area contributed by atoms with E-state index >= 15 is 0 Å². The average molecular weight is 417 g/mol. The number of ether oxygens (including phenoxy) is 1. The first-order chi connectivity index (χ1) is 13.7. The smallest absolute Gasteiger partial charge is 0.251 e. The Kier molecular flexibility index (Phi) is 6.17. The third-order valence-corrected chi connectivity index (χ3v) is 6.76. The van der Waals surface area contributed by atoms with E-state index in [9.17, 15) is 13.2 Å². The average Bonchev–Trinajstić information content (AvgIpc) is 3.04.